The normalized spacial score (nSPS) is 20.1. The van der Waals surface area contributed by atoms with Crippen molar-refractivity contribution in [2.75, 3.05) is 6.61 Å². The Bertz CT molecular complexity index is 189. The minimum absolute atomic E-state index is 0.0444. The van der Waals surface area contributed by atoms with E-state index < -0.39 is 0 Å². The fourth-order valence-electron chi connectivity index (χ4n) is 2.32. The van der Waals surface area contributed by atoms with Crippen LogP contribution in [0, 0.1) is 5.92 Å². The first kappa shape index (κ1) is 13.5. The van der Waals surface area contributed by atoms with Crippen molar-refractivity contribution in [2.24, 2.45) is 5.92 Å². The first-order chi connectivity index (χ1) is 7.84. The Morgan fingerprint density at radius 2 is 1.69 bits per heavy atom. The molecule has 0 unspecified atom stereocenters. The highest BCUT2D eigenvalue weighted by atomic mass is 16.5. The van der Waals surface area contributed by atoms with Gasteiger partial charge in [0, 0.05) is 0 Å². The number of esters is 1. The zero-order valence-electron chi connectivity index (χ0n) is 10.7. The molecule has 0 saturated carbocycles. The van der Waals surface area contributed by atoms with Crippen LogP contribution in [0.15, 0.2) is 0 Å². The van der Waals surface area contributed by atoms with Crippen LogP contribution in [0.5, 0.6) is 0 Å². The lowest BCUT2D eigenvalue weighted by Gasteiger charge is -2.05. The molecule has 1 heterocycles. The van der Waals surface area contributed by atoms with E-state index in [1.54, 1.807) is 0 Å². The molecule has 16 heavy (non-hydrogen) atoms. The summed E-state index contributed by atoms with van der Waals surface area (Å²) < 4.78 is 4.95. The van der Waals surface area contributed by atoms with Gasteiger partial charge in [0.1, 0.15) is 0 Å². The van der Waals surface area contributed by atoms with E-state index in [2.05, 4.69) is 6.92 Å². The van der Waals surface area contributed by atoms with Gasteiger partial charge in [0.15, 0.2) is 0 Å². The predicted octanol–water partition coefficient (Wildman–Crippen LogP) is 4.08. The number of hydrogen-bond donors (Lipinski definition) is 0. The third-order valence-corrected chi connectivity index (χ3v) is 3.45. The molecule has 0 aromatic rings. The maximum absolute atomic E-state index is 11.2. The lowest BCUT2D eigenvalue weighted by Crippen LogP contribution is -2.06. The molecular formula is C14H26O2. The summed E-state index contributed by atoms with van der Waals surface area (Å²) in [5, 5.41) is 0. The number of ether oxygens (including phenoxy) is 1. The van der Waals surface area contributed by atoms with Crippen molar-refractivity contribution in [1.29, 1.82) is 0 Å². The first-order valence-electron chi connectivity index (χ1n) is 7.01. The van der Waals surface area contributed by atoms with E-state index in [9.17, 15) is 4.79 Å². The quantitative estimate of drug-likeness (QED) is 0.437. The molecule has 0 aromatic heterocycles. The topological polar surface area (TPSA) is 26.3 Å². The molecule has 2 heteroatoms. The molecular weight excluding hydrogens is 200 g/mol. The standard InChI is InChI=1S/C14H26O2/c1-2-3-4-5-6-7-8-9-10-13-11-12-16-14(13)15/h13H,2-12H2,1H3/t13-/m1/s1. The third-order valence-electron chi connectivity index (χ3n) is 3.45. The maximum atomic E-state index is 11.2. The van der Waals surface area contributed by atoms with Gasteiger partial charge in [-0.05, 0) is 12.8 Å². The van der Waals surface area contributed by atoms with E-state index >= 15 is 0 Å². The van der Waals surface area contributed by atoms with Crippen molar-refractivity contribution in [3.05, 3.63) is 0 Å². The fourth-order valence-corrected chi connectivity index (χ4v) is 2.32. The molecule has 0 aliphatic carbocycles. The molecule has 0 radical (unpaired) electrons. The second-order valence-electron chi connectivity index (χ2n) is 4.92. The Hall–Kier alpha value is -0.530. The molecule has 2 nitrogen and oxygen atoms in total. The molecule has 0 aromatic carbocycles. The van der Waals surface area contributed by atoms with Crippen LogP contribution in [-0.2, 0) is 9.53 Å². The summed E-state index contributed by atoms with van der Waals surface area (Å²) in [6, 6.07) is 0. The summed E-state index contributed by atoms with van der Waals surface area (Å²) in [6.45, 7) is 2.90. The van der Waals surface area contributed by atoms with Gasteiger partial charge in [0.05, 0.1) is 12.5 Å². The molecule has 1 aliphatic rings. The Morgan fingerprint density at radius 1 is 1.06 bits per heavy atom. The van der Waals surface area contributed by atoms with Gasteiger partial charge in [-0.2, -0.15) is 0 Å². The van der Waals surface area contributed by atoms with Gasteiger partial charge in [-0.3, -0.25) is 4.79 Å². The smallest absolute Gasteiger partial charge is 0.309 e. The van der Waals surface area contributed by atoms with Gasteiger partial charge in [-0.1, -0.05) is 58.3 Å². The van der Waals surface area contributed by atoms with E-state index in [0.29, 0.717) is 6.61 Å². The Morgan fingerprint density at radius 3 is 2.25 bits per heavy atom. The summed E-state index contributed by atoms with van der Waals surface area (Å²) in [5.74, 6) is 0.267. The monoisotopic (exact) mass is 226 g/mol. The van der Waals surface area contributed by atoms with Gasteiger partial charge in [-0.15, -0.1) is 0 Å². The highest BCUT2D eigenvalue weighted by Gasteiger charge is 2.25. The van der Waals surface area contributed by atoms with Crippen molar-refractivity contribution in [1.82, 2.24) is 0 Å². The molecule has 1 aliphatic heterocycles. The predicted molar refractivity (Wildman–Crippen MR) is 66.3 cm³/mol. The second kappa shape index (κ2) is 8.60. The summed E-state index contributed by atoms with van der Waals surface area (Å²) in [4.78, 5) is 11.2. The van der Waals surface area contributed by atoms with E-state index in [4.69, 9.17) is 4.74 Å². The van der Waals surface area contributed by atoms with Gasteiger partial charge in [0.25, 0.3) is 0 Å². The number of carbonyl (C=O) groups is 1. The SMILES string of the molecule is CCCCCCCCCC[C@@H]1CCOC1=O. The number of carbonyl (C=O) groups excluding carboxylic acids is 1. The first-order valence-corrected chi connectivity index (χ1v) is 7.01. The fraction of sp³-hybridized carbons (Fsp3) is 0.929. The van der Waals surface area contributed by atoms with E-state index in [1.807, 2.05) is 0 Å². The molecule has 0 bridgehead atoms. The van der Waals surface area contributed by atoms with Crippen LogP contribution in [0.4, 0.5) is 0 Å². The summed E-state index contributed by atoms with van der Waals surface area (Å²) in [6.07, 6.45) is 12.7. The van der Waals surface area contributed by atoms with Crippen LogP contribution in [0.2, 0.25) is 0 Å². The van der Waals surface area contributed by atoms with Crippen molar-refractivity contribution in [2.45, 2.75) is 71.1 Å². The largest absolute Gasteiger partial charge is 0.465 e. The highest BCUT2D eigenvalue weighted by Crippen LogP contribution is 2.21. The summed E-state index contributed by atoms with van der Waals surface area (Å²) in [5.41, 5.74) is 0. The zero-order chi connectivity index (χ0) is 11.6. The number of cyclic esters (lactones) is 1. The average molecular weight is 226 g/mol. The minimum Gasteiger partial charge on any atom is -0.465 e. The lowest BCUT2D eigenvalue weighted by atomic mass is 9.99. The average Bonchev–Trinajstić information content (AvgIpc) is 2.68. The van der Waals surface area contributed by atoms with Gasteiger partial charge in [-0.25, -0.2) is 0 Å². The van der Waals surface area contributed by atoms with Crippen LogP contribution < -0.4 is 0 Å². The van der Waals surface area contributed by atoms with Gasteiger partial charge < -0.3 is 4.74 Å². The van der Waals surface area contributed by atoms with Crippen molar-refractivity contribution < 1.29 is 9.53 Å². The number of rotatable bonds is 9. The van der Waals surface area contributed by atoms with Gasteiger partial charge >= 0.3 is 5.97 Å². The van der Waals surface area contributed by atoms with Gasteiger partial charge in [0.2, 0.25) is 0 Å². The summed E-state index contributed by atoms with van der Waals surface area (Å²) in [7, 11) is 0. The van der Waals surface area contributed by atoms with E-state index in [0.717, 1.165) is 12.8 Å². The van der Waals surface area contributed by atoms with Crippen molar-refractivity contribution in [3.8, 4) is 0 Å². The molecule has 1 rings (SSSR count). The number of unbranched alkanes of at least 4 members (excludes halogenated alkanes) is 7. The Balaban J connectivity index is 1.83. The molecule has 94 valence electrons. The van der Waals surface area contributed by atoms with Crippen LogP contribution in [-0.4, -0.2) is 12.6 Å². The Labute approximate surface area is 99.8 Å². The van der Waals surface area contributed by atoms with Crippen LogP contribution in [0.25, 0.3) is 0 Å². The van der Waals surface area contributed by atoms with Crippen molar-refractivity contribution >= 4 is 5.97 Å². The third kappa shape index (κ3) is 5.53. The van der Waals surface area contributed by atoms with Crippen LogP contribution in [0.3, 0.4) is 0 Å². The molecule has 0 amide bonds. The molecule has 1 fully saturated rings. The molecule has 0 N–H and O–H groups in total. The molecule has 1 saturated heterocycles. The maximum Gasteiger partial charge on any atom is 0.309 e. The number of hydrogen-bond acceptors (Lipinski definition) is 2. The van der Waals surface area contributed by atoms with E-state index in [-0.39, 0.29) is 11.9 Å². The lowest BCUT2D eigenvalue weighted by molar-refractivity contribution is -0.141. The zero-order valence-corrected chi connectivity index (χ0v) is 10.7. The molecule has 0 spiro atoms. The van der Waals surface area contributed by atoms with Crippen LogP contribution >= 0.6 is 0 Å². The highest BCUT2D eigenvalue weighted by molar-refractivity contribution is 5.73. The minimum atomic E-state index is 0.0444. The van der Waals surface area contributed by atoms with Crippen LogP contribution in [0.1, 0.15) is 71.1 Å². The van der Waals surface area contributed by atoms with Crippen molar-refractivity contribution in [3.63, 3.8) is 0 Å². The molecule has 1 atom stereocenters. The van der Waals surface area contributed by atoms with E-state index in [1.165, 1.54) is 51.4 Å². The second-order valence-corrected chi connectivity index (χ2v) is 4.92. The Kier molecular flexibility index (Phi) is 7.28. The summed E-state index contributed by atoms with van der Waals surface area (Å²) >= 11 is 0.